The maximum atomic E-state index is 11.3. The van der Waals surface area contributed by atoms with Gasteiger partial charge in [0, 0.05) is 28.9 Å². The first-order chi connectivity index (χ1) is 8.66. The molecule has 1 aliphatic carbocycles. The number of nitrogen functional groups attached to an aromatic ring is 1. The maximum absolute atomic E-state index is 11.3. The molecule has 5 nitrogen and oxygen atoms in total. The van der Waals surface area contributed by atoms with Crippen LogP contribution in [0.1, 0.15) is 37.3 Å². The van der Waals surface area contributed by atoms with Crippen molar-refractivity contribution < 1.29 is 4.79 Å². The van der Waals surface area contributed by atoms with E-state index in [1.54, 1.807) is 0 Å². The highest BCUT2D eigenvalue weighted by molar-refractivity contribution is 9.10. The molecule has 0 aliphatic heterocycles. The lowest BCUT2D eigenvalue weighted by molar-refractivity contribution is -0.120. The molecular formula is C12H13BrN4O. The van der Waals surface area contributed by atoms with Gasteiger partial charge in [0.1, 0.15) is 17.6 Å². The van der Waals surface area contributed by atoms with Crippen LogP contribution in [0.5, 0.6) is 0 Å². The number of aromatic nitrogens is 3. The predicted molar refractivity (Wildman–Crippen MR) is 71.3 cm³/mol. The van der Waals surface area contributed by atoms with Crippen LogP contribution in [0.2, 0.25) is 0 Å². The van der Waals surface area contributed by atoms with E-state index in [1.807, 2.05) is 10.6 Å². The van der Waals surface area contributed by atoms with Crippen molar-refractivity contribution in [3.8, 4) is 0 Å². The topological polar surface area (TPSA) is 73.3 Å². The van der Waals surface area contributed by atoms with Gasteiger partial charge < -0.3 is 5.73 Å². The zero-order chi connectivity index (χ0) is 12.7. The van der Waals surface area contributed by atoms with Crippen molar-refractivity contribution >= 4 is 33.0 Å². The summed E-state index contributed by atoms with van der Waals surface area (Å²) in [4.78, 5) is 15.3. The second-order valence-corrected chi connectivity index (χ2v) is 5.49. The molecule has 94 valence electrons. The number of rotatable bonds is 1. The number of Topliss-reactive ketones (excluding diaryl/α,β-unsaturated/α-hetero) is 1. The van der Waals surface area contributed by atoms with Crippen LogP contribution in [0.4, 0.5) is 5.82 Å². The van der Waals surface area contributed by atoms with Crippen molar-refractivity contribution in [1.82, 2.24) is 14.6 Å². The van der Waals surface area contributed by atoms with Gasteiger partial charge in [-0.1, -0.05) is 0 Å². The van der Waals surface area contributed by atoms with Crippen LogP contribution in [0.3, 0.4) is 0 Å². The largest absolute Gasteiger partial charge is 0.382 e. The van der Waals surface area contributed by atoms with Gasteiger partial charge in [-0.3, -0.25) is 4.79 Å². The van der Waals surface area contributed by atoms with E-state index < -0.39 is 0 Å². The number of fused-ring (bicyclic) bond motifs is 1. The van der Waals surface area contributed by atoms with Crippen molar-refractivity contribution in [2.75, 3.05) is 5.73 Å². The Kier molecular flexibility index (Phi) is 2.81. The van der Waals surface area contributed by atoms with Crippen molar-refractivity contribution in [3.63, 3.8) is 0 Å². The third kappa shape index (κ3) is 1.80. The Labute approximate surface area is 113 Å². The Morgan fingerprint density at radius 1 is 1.39 bits per heavy atom. The molecule has 18 heavy (non-hydrogen) atoms. The zero-order valence-corrected chi connectivity index (χ0v) is 11.4. The summed E-state index contributed by atoms with van der Waals surface area (Å²) in [5, 5.41) is 4.27. The van der Waals surface area contributed by atoms with Gasteiger partial charge in [-0.05, 0) is 34.8 Å². The number of halogens is 1. The summed E-state index contributed by atoms with van der Waals surface area (Å²) in [6.45, 7) is 0. The number of hydrogen-bond donors (Lipinski definition) is 1. The average Bonchev–Trinajstić information content (AvgIpc) is 2.69. The summed E-state index contributed by atoms with van der Waals surface area (Å²) in [6, 6.07) is 2.04. The van der Waals surface area contributed by atoms with Crippen molar-refractivity contribution in [2.24, 2.45) is 0 Å². The van der Waals surface area contributed by atoms with E-state index in [0.29, 0.717) is 30.4 Å². The first kappa shape index (κ1) is 11.6. The second-order valence-electron chi connectivity index (χ2n) is 4.64. The minimum absolute atomic E-state index is 0.361. The first-order valence-corrected chi connectivity index (χ1v) is 6.75. The fourth-order valence-corrected chi connectivity index (χ4v) is 3.18. The van der Waals surface area contributed by atoms with Crippen LogP contribution >= 0.6 is 15.9 Å². The number of nitrogens with zero attached hydrogens (tertiary/aromatic N) is 3. The molecule has 2 aromatic heterocycles. The third-order valence-corrected chi connectivity index (χ3v) is 4.13. The number of ketones is 1. The molecule has 0 spiro atoms. The van der Waals surface area contributed by atoms with Gasteiger partial charge in [-0.15, -0.1) is 0 Å². The summed E-state index contributed by atoms with van der Waals surface area (Å²) < 4.78 is 2.75. The highest BCUT2D eigenvalue weighted by atomic mass is 79.9. The van der Waals surface area contributed by atoms with Gasteiger partial charge in [-0.2, -0.15) is 5.10 Å². The molecule has 2 N–H and O–H groups in total. The number of anilines is 1. The Balaban J connectivity index is 2.07. The minimum atomic E-state index is 0.361. The molecule has 0 amide bonds. The third-order valence-electron chi connectivity index (χ3n) is 3.53. The Morgan fingerprint density at radius 2 is 2.11 bits per heavy atom. The fourth-order valence-electron chi connectivity index (χ4n) is 2.57. The SMILES string of the molecule is Nc1ncnn2c(C3CCC(=O)CC3)cc(Br)c12. The lowest BCUT2D eigenvalue weighted by Crippen LogP contribution is -2.14. The minimum Gasteiger partial charge on any atom is -0.382 e. The van der Waals surface area contributed by atoms with Crippen LogP contribution < -0.4 is 5.73 Å². The van der Waals surface area contributed by atoms with Crippen LogP contribution in [-0.2, 0) is 4.79 Å². The van der Waals surface area contributed by atoms with E-state index in [2.05, 4.69) is 26.0 Å². The number of nitrogens with two attached hydrogens (primary N) is 1. The number of carbonyl (C=O) groups is 1. The molecule has 0 bridgehead atoms. The Bertz CT molecular complexity index is 612. The fraction of sp³-hybridized carbons (Fsp3) is 0.417. The summed E-state index contributed by atoms with van der Waals surface area (Å²) in [5.41, 5.74) is 7.79. The molecule has 1 saturated carbocycles. The molecule has 0 radical (unpaired) electrons. The van der Waals surface area contributed by atoms with E-state index in [-0.39, 0.29) is 0 Å². The summed E-state index contributed by atoms with van der Waals surface area (Å²) in [5.74, 6) is 1.20. The molecule has 6 heteroatoms. The maximum Gasteiger partial charge on any atom is 0.152 e. The van der Waals surface area contributed by atoms with Gasteiger partial charge in [0.05, 0.1) is 0 Å². The quantitative estimate of drug-likeness (QED) is 0.877. The van der Waals surface area contributed by atoms with Gasteiger partial charge in [0.15, 0.2) is 5.82 Å². The number of hydrogen-bond acceptors (Lipinski definition) is 4. The molecule has 0 unspecified atom stereocenters. The highest BCUT2D eigenvalue weighted by Gasteiger charge is 2.24. The second kappa shape index (κ2) is 4.35. The highest BCUT2D eigenvalue weighted by Crippen LogP contribution is 2.35. The monoisotopic (exact) mass is 308 g/mol. The van der Waals surface area contributed by atoms with E-state index in [0.717, 1.165) is 28.5 Å². The van der Waals surface area contributed by atoms with Gasteiger partial charge in [-0.25, -0.2) is 9.50 Å². The van der Waals surface area contributed by atoms with Crippen molar-refractivity contribution in [2.45, 2.75) is 31.6 Å². The lowest BCUT2D eigenvalue weighted by Gasteiger charge is -2.20. The molecule has 1 aliphatic rings. The molecule has 0 atom stereocenters. The van der Waals surface area contributed by atoms with Crippen LogP contribution in [-0.4, -0.2) is 20.4 Å². The van der Waals surface area contributed by atoms with E-state index in [1.165, 1.54) is 6.33 Å². The molecule has 2 aromatic rings. The van der Waals surface area contributed by atoms with E-state index in [4.69, 9.17) is 5.73 Å². The molecule has 0 saturated heterocycles. The smallest absolute Gasteiger partial charge is 0.152 e. The summed E-state index contributed by atoms with van der Waals surface area (Å²) >= 11 is 3.50. The van der Waals surface area contributed by atoms with Crippen molar-refractivity contribution in [3.05, 3.63) is 22.6 Å². The van der Waals surface area contributed by atoms with Crippen LogP contribution in [0.25, 0.3) is 5.52 Å². The molecular weight excluding hydrogens is 296 g/mol. The Hall–Kier alpha value is -1.43. The normalized spacial score (nSPS) is 17.5. The van der Waals surface area contributed by atoms with Crippen LogP contribution in [0.15, 0.2) is 16.9 Å². The summed E-state index contributed by atoms with van der Waals surface area (Å²) in [7, 11) is 0. The summed E-state index contributed by atoms with van der Waals surface area (Å²) in [6.07, 6.45) is 4.57. The standard InChI is InChI=1S/C12H13BrN4O/c13-9-5-10(7-1-3-8(18)4-2-7)17-11(9)12(14)15-6-16-17/h5-7H,1-4H2,(H2,14,15,16). The zero-order valence-electron chi connectivity index (χ0n) is 9.77. The number of carbonyl (C=O) groups excluding carboxylic acids is 1. The van der Waals surface area contributed by atoms with Gasteiger partial charge in [0.2, 0.25) is 0 Å². The lowest BCUT2D eigenvalue weighted by atomic mass is 9.86. The molecule has 1 fully saturated rings. The molecule has 0 aromatic carbocycles. The van der Waals surface area contributed by atoms with E-state index in [9.17, 15) is 4.79 Å². The molecule has 2 heterocycles. The van der Waals surface area contributed by atoms with Gasteiger partial charge in [0.25, 0.3) is 0 Å². The predicted octanol–water partition coefficient (Wildman–Crippen LogP) is 2.30. The Morgan fingerprint density at radius 3 is 2.83 bits per heavy atom. The van der Waals surface area contributed by atoms with Crippen molar-refractivity contribution in [1.29, 1.82) is 0 Å². The van der Waals surface area contributed by atoms with Gasteiger partial charge >= 0.3 is 0 Å². The van der Waals surface area contributed by atoms with E-state index >= 15 is 0 Å². The average molecular weight is 309 g/mol. The molecule has 3 rings (SSSR count). The first-order valence-electron chi connectivity index (χ1n) is 5.96. The van der Waals surface area contributed by atoms with Crippen LogP contribution in [0, 0.1) is 0 Å².